The standard InChI is InChI=1S/C22H31N3O3/c1-16(26)24-20-11-9-18(10-12-20)22(28)25-13-5-8-19(15-25)21(27)23-14-17-6-3-2-4-7-17/h9-12,17,19H,2-8,13-15H2,1H3,(H,23,27)(H,24,26). The number of carbonyl (C=O) groups is 3. The van der Waals surface area contributed by atoms with Crippen LogP contribution in [0.1, 0.15) is 62.2 Å². The van der Waals surface area contributed by atoms with Crippen molar-refractivity contribution < 1.29 is 14.4 Å². The number of benzene rings is 1. The molecule has 152 valence electrons. The van der Waals surface area contributed by atoms with Crippen LogP contribution in [0.4, 0.5) is 5.69 Å². The molecule has 1 aromatic rings. The zero-order valence-electron chi connectivity index (χ0n) is 16.7. The van der Waals surface area contributed by atoms with Gasteiger partial charge in [0.1, 0.15) is 0 Å². The van der Waals surface area contributed by atoms with Crippen LogP contribution in [-0.4, -0.2) is 42.3 Å². The van der Waals surface area contributed by atoms with Crippen LogP contribution in [0, 0.1) is 11.8 Å². The fourth-order valence-corrected chi connectivity index (χ4v) is 4.24. The van der Waals surface area contributed by atoms with Gasteiger partial charge in [-0.05, 0) is 55.9 Å². The highest BCUT2D eigenvalue weighted by molar-refractivity contribution is 5.96. The summed E-state index contributed by atoms with van der Waals surface area (Å²) >= 11 is 0. The second kappa shape index (κ2) is 9.71. The van der Waals surface area contributed by atoms with Crippen LogP contribution in [0.3, 0.4) is 0 Å². The maximum absolute atomic E-state index is 12.8. The lowest BCUT2D eigenvalue weighted by Gasteiger charge is -2.32. The Balaban J connectivity index is 1.52. The molecule has 1 unspecified atom stereocenters. The van der Waals surface area contributed by atoms with Gasteiger partial charge in [0.25, 0.3) is 5.91 Å². The van der Waals surface area contributed by atoms with Crippen molar-refractivity contribution in [3.63, 3.8) is 0 Å². The summed E-state index contributed by atoms with van der Waals surface area (Å²) in [5, 5.41) is 5.83. The van der Waals surface area contributed by atoms with E-state index in [9.17, 15) is 14.4 Å². The van der Waals surface area contributed by atoms with Gasteiger partial charge < -0.3 is 15.5 Å². The van der Waals surface area contributed by atoms with Crippen LogP contribution in [0.5, 0.6) is 0 Å². The molecule has 2 fully saturated rings. The highest BCUT2D eigenvalue weighted by Gasteiger charge is 2.29. The van der Waals surface area contributed by atoms with E-state index in [4.69, 9.17) is 0 Å². The molecule has 1 aromatic carbocycles. The molecule has 28 heavy (non-hydrogen) atoms. The SMILES string of the molecule is CC(=O)Nc1ccc(C(=O)N2CCCC(C(=O)NCC3CCCCC3)C2)cc1. The van der Waals surface area contributed by atoms with Crippen molar-refractivity contribution in [2.45, 2.75) is 51.9 Å². The molecule has 1 saturated carbocycles. The van der Waals surface area contributed by atoms with Crippen LogP contribution < -0.4 is 10.6 Å². The Morgan fingerprint density at radius 3 is 2.39 bits per heavy atom. The third kappa shape index (κ3) is 5.57. The molecule has 6 heteroatoms. The van der Waals surface area contributed by atoms with E-state index in [2.05, 4.69) is 10.6 Å². The molecule has 1 atom stereocenters. The molecule has 0 radical (unpaired) electrons. The first kappa shape index (κ1) is 20.4. The van der Waals surface area contributed by atoms with Crippen molar-refractivity contribution in [3.05, 3.63) is 29.8 Å². The molecular weight excluding hydrogens is 354 g/mol. The molecule has 3 rings (SSSR count). The van der Waals surface area contributed by atoms with E-state index in [1.165, 1.54) is 39.0 Å². The molecule has 2 N–H and O–H groups in total. The first-order valence-corrected chi connectivity index (χ1v) is 10.5. The van der Waals surface area contributed by atoms with Crippen LogP contribution >= 0.6 is 0 Å². The van der Waals surface area contributed by atoms with Crippen LogP contribution in [-0.2, 0) is 9.59 Å². The van der Waals surface area contributed by atoms with E-state index < -0.39 is 0 Å². The predicted octanol–water partition coefficient (Wildman–Crippen LogP) is 3.19. The summed E-state index contributed by atoms with van der Waals surface area (Å²) < 4.78 is 0. The number of amides is 3. The number of carbonyl (C=O) groups excluding carboxylic acids is 3. The van der Waals surface area contributed by atoms with Crippen molar-refractivity contribution in [1.82, 2.24) is 10.2 Å². The average molecular weight is 386 g/mol. The van der Waals surface area contributed by atoms with Gasteiger partial charge in [-0.1, -0.05) is 19.3 Å². The minimum atomic E-state index is -0.141. The molecule has 1 saturated heterocycles. The summed E-state index contributed by atoms with van der Waals surface area (Å²) in [6, 6.07) is 6.90. The zero-order valence-corrected chi connectivity index (χ0v) is 16.7. The first-order chi connectivity index (χ1) is 13.5. The zero-order chi connectivity index (χ0) is 19.9. The van der Waals surface area contributed by atoms with Gasteiger partial charge in [0.05, 0.1) is 5.92 Å². The van der Waals surface area contributed by atoms with Crippen LogP contribution in [0.25, 0.3) is 0 Å². The average Bonchev–Trinajstić information content (AvgIpc) is 2.72. The third-order valence-corrected chi connectivity index (χ3v) is 5.82. The molecule has 0 bridgehead atoms. The minimum absolute atomic E-state index is 0.0563. The van der Waals surface area contributed by atoms with Gasteiger partial charge in [-0.2, -0.15) is 0 Å². The number of piperidine rings is 1. The maximum atomic E-state index is 12.8. The molecule has 0 spiro atoms. The summed E-state index contributed by atoms with van der Waals surface area (Å²) in [4.78, 5) is 38.3. The number of rotatable bonds is 5. The second-order valence-corrected chi connectivity index (χ2v) is 8.10. The highest BCUT2D eigenvalue weighted by Crippen LogP contribution is 2.24. The predicted molar refractivity (Wildman–Crippen MR) is 109 cm³/mol. The van der Waals surface area contributed by atoms with E-state index >= 15 is 0 Å². The summed E-state index contributed by atoms with van der Waals surface area (Å²) in [6.45, 7) is 3.38. The van der Waals surface area contributed by atoms with Crippen molar-refractivity contribution >= 4 is 23.4 Å². The van der Waals surface area contributed by atoms with Gasteiger partial charge in [0.15, 0.2) is 0 Å². The second-order valence-electron chi connectivity index (χ2n) is 8.10. The van der Waals surface area contributed by atoms with E-state index in [0.717, 1.165) is 19.4 Å². The van der Waals surface area contributed by atoms with Crippen LogP contribution in [0.2, 0.25) is 0 Å². The Morgan fingerprint density at radius 2 is 1.71 bits per heavy atom. The summed E-state index contributed by atoms with van der Waals surface area (Å²) in [5.41, 5.74) is 1.25. The Kier molecular flexibility index (Phi) is 7.06. The Morgan fingerprint density at radius 1 is 1.00 bits per heavy atom. The Labute approximate surface area is 167 Å². The van der Waals surface area contributed by atoms with Crippen molar-refractivity contribution in [2.24, 2.45) is 11.8 Å². The lowest BCUT2D eigenvalue weighted by molar-refractivity contribution is -0.126. The monoisotopic (exact) mass is 385 g/mol. The molecule has 6 nitrogen and oxygen atoms in total. The fourth-order valence-electron chi connectivity index (χ4n) is 4.24. The lowest BCUT2D eigenvalue weighted by Crippen LogP contribution is -2.46. The quantitative estimate of drug-likeness (QED) is 0.817. The summed E-state index contributed by atoms with van der Waals surface area (Å²) in [7, 11) is 0. The normalized spacial score (nSPS) is 20.5. The topological polar surface area (TPSA) is 78.5 Å². The van der Waals surface area contributed by atoms with Gasteiger partial charge in [-0.15, -0.1) is 0 Å². The van der Waals surface area contributed by atoms with Crippen molar-refractivity contribution in [2.75, 3.05) is 25.0 Å². The number of anilines is 1. The largest absolute Gasteiger partial charge is 0.356 e. The summed E-state index contributed by atoms with van der Waals surface area (Å²) in [5.74, 6) is 0.376. The van der Waals surface area contributed by atoms with E-state index in [-0.39, 0.29) is 23.6 Å². The molecule has 2 aliphatic rings. The fraction of sp³-hybridized carbons (Fsp3) is 0.591. The maximum Gasteiger partial charge on any atom is 0.253 e. The molecule has 0 aromatic heterocycles. The minimum Gasteiger partial charge on any atom is -0.356 e. The first-order valence-electron chi connectivity index (χ1n) is 10.5. The number of hydrogen-bond acceptors (Lipinski definition) is 3. The molecule has 1 aliphatic heterocycles. The molecular formula is C22H31N3O3. The van der Waals surface area contributed by atoms with E-state index in [1.807, 2.05) is 0 Å². The van der Waals surface area contributed by atoms with E-state index in [1.54, 1.807) is 29.2 Å². The Bertz CT molecular complexity index is 695. The molecule has 1 aliphatic carbocycles. The number of nitrogens with zero attached hydrogens (tertiary/aromatic N) is 1. The van der Waals surface area contributed by atoms with Gasteiger partial charge in [0.2, 0.25) is 11.8 Å². The number of likely N-dealkylation sites (tertiary alicyclic amines) is 1. The lowest BCUT2D eigenvalue weighted by atomic mass is 9.89. The third-order valence-electron chi connectivity index (χ3n) is 5.82. The Hall–Kier alpha value is -2.37. The van der Waals surface area contributed by atoms with Crippen molar-refractivity contribution in [1.29, 1.82) is 0 Å². The van der Waals surface area contributed by atoms with Gasteiger partial charge in [-0.3, -0.25) is 14.4 Å². The van der Waals surface area contributed by atoms with Gasteiger partial charge in [-0.25, -0.2) is 0 Å². The van der Waals surface area contributed by atoms with Crippen molar-refractivity contribution in [3.8, 4) is 0 Å². The van der Waals surface area contributed by atoms with Gasteiger partial charge in [0, 0.05) is 37.8 Å². The highest BCUT2D eigenvalue weighted by atomic mass is 16.2. The van der Waals surface area contributed by atoms with Crippen LogP contribution in [0.15, 0.2) is 24.3 Å². The molecule has 3 amide bonds. The number of nitrogens with one attached hydrogen (secondary N) is 2. The number of hydrogen-bond donors (Lipinski definition) is 2. The van der Waals surface area contributed by atoms with Gasteiger partial charge >= 0.3 is 0 Å². The van der Waals surface area contributed by atoms with E-state index in [0.29, 0.717) is 30.3 Å². The molecule has 1 heterocycles. The smallest absolute Gasteiger partial charge is 0.253 e. The summed E-state index contributed by atoms with van der Waals surface area (Å²) in [6.07, 6.45) is 7.96.